The summed E-state index contributed by atoms with van der Waals surface area (Å²) < 4.78 is 0. The Morgan fingerprint density at radius 2 is 1.14 bits per heavy atom. The quantitative estimate of drug-likeness (QED) is 0.343. The van der Waals surface area contributed by atoms with E-state index < -0.39 is 8.07 Å². The molecule has 0 radical (unpaired) electrons. The number of hydrogen-bond acceptors (Lipinski definition) is 0. The summed E-state index contributed by atoms with van der Waals surface area (Å²) in [4.78, 5) is 0. The third kappa shape index (κ3) is 179. The first-order valence-corrected chi connectivity index (χ1v) is 5.56. The standard InChI is InChI=1S/C4H11Si.CH3.Mg/c1-5(2,3)4;;/h1H2,2-4H3;1H3;/q2*-1;+2. The molecule has 0 heterocycles. The average molecular weight is 127 g/mol. The Bertz CT molecular complexity index is 23.6. The van der Waals surface area contributed by atoms with Crippen LogP contribution in [0.3, 0.4) is 0 Å². The molecule has 0 fully saturated rings. The smallest absolute Gasteiger partial charge is 0.358 e. The van der Waals surface area contributed by atoms with Crippen LogP contribution in [0.25, 0.3) is 0 Å². The first kappa shape index (κ1) is 15.7. The molecule has 7 heavy (non-hydrogen) atoms. The topological polar surface area (TPSA) is 0 Å². The molecule has 0 N–H and O–H groups in total. The molecule has 0 atom stereocenters. The van der Waals surface area contributed by atoms with Gasteiger partial charge in [-0.25, -0.2) is 0 Å². The van der Waals surface area contributed by atoms with Crippen molar-refractivity contribution in [2.45, 2.75) is 19.6 Å². The fourth-order valence-electron chi connectivity index (χ4n) is 0. The summed E-state index contributed by atoms with van der Waals surface area (Å²) in [5.41, 5.74) is 0. The van der Waals surface area contributed by atoms with Crippen LogP contribution in [0.1, 0.15) is 0 Å². The Morgan fingerprint density at radius 3 is 1.14 bits per heavy atom. The van der Waals surface area contributed by atoms with Gasteiger partial charge in [-0.3, -0.25) is 0 Å². The van der Waals surface area contributed by atoms with Crippen molar-refractivity contribution in [3.8, 4) is 0 Å². The van der Waals surface area contributed by atoms with E-state index in [9.17, 15) is 0 Å². The van der Waals surface area contributed by atoms with E-state index in [4.69, 9.17) is 0 Å². The Kier molecular flexibility index (Phi) is 11.5. The molecule has 0 spiro atoms. The summed E-state index contributed by atoms with van der Waals surface area (Å²) >= 11 is 0. The molecule has 0 aliphatic rings. The second kappa shape index (κ2) is 5.13. The van der Waals surface area contributed by atoms with Gasteiger partial charge in [-0.1, -0.05) is 19.6 Å². The Balaban J connectivity index is -0.0000000800. The minimum Gasteiger partial charge on any atom is -0.358 e. The van der Waals surface area contributed by atoms with Gasteiger partial charge in [0.2, 0.25) is 0 Å². The third-order valence-electron chi connectivity index (χ3n) is 0. The minimum absolute atomic E-state index is 0. The molecule has 0 saturated carbocycles. The van der Waals surface area contributed by atoms with Crippen molar-refractivity contribution < 1.29 is 0 Å². The van der Waals surface area contributed by atoms with Gasteiger partial charge in [0.25, 0.3) is 0 Å². The zero-order valence-corrected chi connectivity index (χ0v) is 8.33. The first-order valence-electron chi connectivity index (χ1n) is 1.85. The molecule has 0 rings (SSSR count). The molecule has 0 bridgehead atoms. The Hall–Kier alpha value is 0.983. The predicted octanol–water partition coefficient (Wildman–Crippen LogP) is 1.77. The van der Waals surface area contributed by atoms with Crippen LogP contribution < -0.4 is 0 Å². The summed E-state index contributed by atoms with van der Waals surface area (Å²) in [6, 6.07) is 0. The van der Waals surface area contributed by atoms with Gasteiger partial charge in [0, 0.05) is 0 Å². The van der Waals surface area contributed by atoms with Crippen molar-refractivity contribution in [2.24, 2.45) is 0 Å². The van der Waals surface area contributed by atoms with Crippen LogP contribution in [0.5, 0.6) is 0 Å². The molecule has 0 aromatic carbocycles. The molecule has 40 valence electrons. The minimum atomic E-state index is -0.861. The summed E-state index contributed by atoms with van der Waals surface area (Å²) in [6.45, 7) is 10.6. The number of rotatable bonds is 0. The van der Waals surface area contributed by atoms with E-state index >= 15 is 0 Å². The second-order valence-corrected chi connectivity index (χ2v) is 7.68. The molecule has 0 aliphatic carbocycles. The van der Waals surface area contributed by atoms with Crippen LogP contribution in [0.15, 0.2) is 0 Å². The fourth-order valence-corrected chi connectivity index (χ4v) is 0. The van der Waals surface area contributed by atoms with E-state index in [0.717, 1.165) is 0 Å². The normalized spacial score (nSPS) is 8.57. The summed E-state index contributed by atoms with van der Waals surface area (Å²) in [5, 5.41) is 0. The van der Waals surface area contributed by atoms with Gasteiger partial charge in [-0.15, -0.1) is 8.07 Å². The van der Waals surface area contributed by atoms with Crippen molar-refractivity contribution >= 4 is 31.1 Å². The molecule has 0 amide bonds. The maximum atomic E-state index is 3.91. The average Bonchev–Trinajstić information content (AvgIpc) is 0.722. The van der Waals surface area contributed by atoms with Gasteiger partial charge >= 0.3 is 23.1 Å². The van der Waals surface area contributed by atoms with Crippen molar-refractivity contribution in [2.75, 3.05) is 0 Å². The largest absolute Gasteiger partial charge is 2.00 e. The van der Waals surface area contributed by atoms with E-state index in [0.29, 0.717) is 0 Å². The van der Waals surface area contributed by atoms with E-state index in [1.54, 1.807) is 0 Å². The fraction of sp³-hybridized carbons (Fsp3) is 0.600. The zero-order chi connectivity index (χ0) is 4.50. The maximum absolute atomic E-state index is 3.91. The van der Waals surface area contributed by atoms with Gasteiger partial charge in [0.15, 0.2) is 0 Å². The van der Waals surface area contributed by atoms with Crippen molar-refractivity contribution in [3.63, 3.8) is 0 Å². The first-order chi connectivity index (χ1) is 2.00. The SMILES string of the molecule is [CH2-][Si](C)(C)C.[CH3-].[Mg+2]. The summed E-state index contributed by atoms with van der Waals surface area (Å²) in [5.74, 6) is 0. The Labute approximate surface area is 64.9 Å². The van der Waals surface area contributed by atoms with E-state index in [1.807, 2.05) is 0 Å². The van der Waals surface area contributed by atoms with Gasteiger partial charge < -0.3 is 14.0 Å². The van der Waals surface area contributed by atoms with E-state index in [2.05, 4.69) is 26.2 Å². The van der Waals surface area contributed by atoms with Crippen LogP contribution in [0.4, 0.5) is 0 Å². The number of hydrogen-bond donors (Lipinski definition) is 0. The maximum Gasteiger partial charge on any atom is 2.00 e. The molecule has 0 nitrogen and oxygen atoms in total. The molecule has 0 aliphatic heterocycles. The van der Waals surface area contributed by atoms with E-state index in [1.165, 1.54) is 0 Å². The molecular weight excluding hydrogens is 112 g/mol. The second-order valence-electron chi connectivity index (χ2n) is 2.56. The van der Waals surface area contributed by atoms with Crippen LogP contribution in [0, 0.1) is 14.0 Å². The zero-order valence-electron chi connectivity index (χ0n) is 5.91. The van der Waals surface area contributed by atoms with Gasteiger partial charge in [0.1, 0.15) is 0 Å². The van der Waals surface area contributed by atoms with Crippen LogP contribution in [-0.4, -0.2) is 31.1 Å². The van der Waals surface area contributed by atoms with E-state index in [-0.39, 0.29) is 30.5 Å². The van der Waals surface area contributed by atoms with Crippen LogP contribution in [0.2, 0.25) is 19.6 Å². The predicted molar refractivity (Wildman–Crippen MR) is 40.9 cm³/mol. The van der Waals surface area contributed by atoms with Crippen LogP contribution in [-0.2, 0) is 0 Å². The van der Waals surface area contributed by atoms with Gasteiger partial charge in [-0.2, -0.15) is 0 Å². The molecule has 0 aromatic heterocycles. The molecule has 2 heteroatoms. The van der Waals surface area contributed by atoms with Crippen molar-refractivity contribution in [1.29, 1.82) is 0 Å². The van der Waals surface area contributed by atoms with Crippen molar-refractivity contribution in [3.05, 3.63) is 14.0 Å². The molecule has 0 aromatic rings. The third-order valence-corrected chi connectivity index (χ3v) is 0. The summed E-state index contributed by atoms with van der Waals surface area (Å²) in [6.07, 6.45) is 0. The monoisotopic (exact) mass is 126 g/mol. The summed E-state index contributed by atoms with van der Waals surface area (Å²) in [7, 11) is -0.861. The van der Waals surface area contributed by atoms with Gasteiger partial charge in [-0.05, 0) is 0 Å². The van der Waals surface area contributed by atoms with Crippen LogP contribution >= 0.6 is 0 Å². The van der Waals surface area contributed by atoms with Gasteiger partial charge in [0.05, 0.1) is 0 Å². The molecule has 0 unspecified atom stereocenters. The van der Waals surface area contributed by atoms with Crippen molar-refractivity contribution in [1.82, 2.24) is 0 Å². The molecule has 0 saturated heterocycles. The Morgan fingerprint density at radius 1 is 1.14 bits per heavy atom. The molecular formula is C5H14MgSi.